The maximum absolute atomic E-state index is 12.9. The third-order valence-corrected chi connectivity index (χ3v) is 7.20. The number of benzene rings is 2. The molecule has 2 heterocycles. The maximum atomic E-state index is 12.9. The van der Waals surface area contributed by atoms with Crippen molar-refractivity contribution in [3.05, 3.63) is 59.2 Å². The van der Waals surface area contributed by atoms with E-state index >= 15 is 0 Å². The van der Waals surface area contributed by atoms with E-state index in [9.17, 15) is 13.2 Å². The lowest BCUT2D eigenvalue weighted by atomic mass is 10.1. The van der Waals surface area contributed by atoms with Crippen molar-refractivity contribution in [2.24, 2.45) is 0 Å². The molecule has 29 heavy (non-hydrogen) atoms. The lowest BCUT2D eigenvalue weighted by molar-refractivity contribution is -0.116. The first-order valence-corrected chi connectivity index (χ1v) is 11.6. The van der Waals surface area contributed by atoms with E-state index < -0.39 is 10.0 Å². The van der Waals surface area contributed by atoms with E-state index in [-0.39, 0.29) is 17.3 Å². The number of rotatable bonds is 6. The summed E-state index contributed by atoms with van der Waals surface area (Å²) in [5.74, 6) is -0.0212. The lowest BCUT2D eigenvalue weighted by Gasteiger charge is -2.18. The number of nitrogens with one attached hydrogen (secondary N) is 1. The molecule has 7 heteroatoms. The van der Waals surface area contributed by atoms with E-state index in [2.05, 4.69) is 15.7 Å². The third kappa shape index (κ3) is 4.37. The van der Waals surface area contributed by atoms with Gasteiger partial charge in [-0.15, -0.1) is 0 Å². The minimum Gasteiger partial charge on any atom is -0.312 e. The zero-order valence-electron chi connectivity index (χ0n) is 16.7. The summed E-state index contributed by atoms with van der Waals surface area (Å²) in [5, 5.41) is 0. The minimum absolute atomic E-state index is 0.0212. The Balaban J connectivity index is 1.48. The zero-order valence-corrected chi connectivity index (χ0v) is 17.5. The Morgan fingerprint density at radius 1 is 1.03 bits per heavy atom. The highest BCUT2D eigenvalue weighted by atomic mass is 32.2. The Bertz CT molecular complexity index is 1010. The van der Waals surface area contributed by atoms with Gasteiger partial charge in [0.1, 0.15) is 0 Å². The van der Waals surface area contributed by atoms with Crippen molar-refractivity contribution < 1.29 is 13.2 Å². The second-order valence-electron chi connectivity index (χ2n) is 7.79. The van der Waals surface area contributed by atoms with Crippen molar-refractivity contribution in [2.45, 2.75) is 44.2 Å². The molecule has 0 atom stereocenters. The highest BCUT2D eigenvalue weighted by Crippen LogP contribution is 2.30. The predicted molar refractivity (Wildman–Crippen MR) is 113 cm³/mol. The summed E-state index contributed by atoms with van der Waals surface area (Å²) in [5.41, 5.74) is 3.89. The molecular formula is C22H27N3O3S. The van der Waals surface area contributed by atoms with E-state index in [1.54, 1.807) is 23.1 Å². The van der Waals surface area contributed by atoms with Crippen molar-refractivity contribution in [2.75, 3.05) is 24.5 Å². The Hall–Kier alpha value is -2.22. The van der Waals surface area contributed by atoms with Crippen LogP contribution in [0.1, 0.15) is 36.5 Å². The van der Waals surface area contributed by atoms with E-state index in [1.165, 1.54) is 25.3 Å². The Morgan fingerprint density at radius 3 is 2.48 bits per heavy atom. The van der Waals surface area contributed by atoms with Crippen molar-refractivity contribution in [1.29, 1.82) is 0 Å². The number of hydrogen-bond donors (Lipinski definition) is 1. The molecule has 1 amide bonds. The summed E-state index contributed by atoms with van der Waals surface area (Å²) in [4.78, 5) is 16.0. The molecule has 154 valence electrons. The highest BCUT2D eigenvalue weighted by molar-refractivity contribution is 7.89. The number of nitrogens with zero attached hydrogens (tertiary/aromatic N) is 2. The Kier molecular flexibility index (Phi) is 5.72. The monoisotopic (exact) mass is 413 g/mol. The molecular weight excluding hydrogens is 386 g/mol. The van der Waals surface area contributed by atoms with Gasteiger partial charge < -0.3 is 4.90 Å². The van der Waals surface area contributed by atoms with Gasteiger partial charge in [-0.3, -0.25) is 9.69 Å². The first kappa shape index (κ1) is 20.1. The largest absolute Gasteiger partial charge is 0.312 e. The van der Waals surface area contributed by atoms with Crippen LogP contribution < -0.4 is 9.62 Å². The van der Waals surface area contributed by atoms with Crippen molar-refractivity contribution in [3.63, 3.8) is 0 Å². The first-order valence-electron chi connectivity index (χ1n) is 10.1. The van der Waals surface area contributed by atoms with Crippen molar-refractivity contribution >= 4 is 21.6 Å². The maximum Gasteiger partial charge on any atom is 0.240 e. The SMILES string of the molecule is CC(=O)N1CCc2cc(S(=O)(=O)NCc3ccccc3CN3CCCC3)ccc21. The molecule has 0 aliphatic carbocycles. The van der Waals surface area contributed by atoms with Crippen LogP contribution in [0.2, 0.25) is 0 Å². The molecule has 0 radical (unpaired) electrons. The molecule has 2 aromatic rings. The van der Waals surface area contributed by atoms with Crippen LogP contribution in [0.3, 0.4) is 0 Å². The van der Waals surface area contributed by atoms with Gasteiger partial charge >= 0.3 is 0 Å². The van der Waals surface area contributed by atoms with E-state index in [0.717, 1.165) is 36.4 Å². The normalized spacial score (nSPS) is 16.9. The molecule has 0 bridgehead atoms. The summed E-state index contributed by atoms with van der Waals surface area (Å²) in [6, 6.07) is 13.0. The number of hydrogen-bond acceptors (Lipinski definition) is 4. The standard InChI is InChI=1S/C22H27N3O3S/c1-17(26)25-13-10-18-14-21(8-9-22(18)25)29(27,28)23-15-19-6-2-3-7-20(19)16-24-11-4-5-12-24/h2-3,6-9,14,23H,4-5,10-13,15-16H2,1H3. The van der Waals surface area contributed by atoms with Crippen LogP contribution in [0.15, 0.2) is 47.4 Å². The van der Waals surface area contributed by atoms with Crippen LogP contribution in [-0.2, 0) is 34.3 Å². The van der Waals surface area contributed by atoms with Crippen LogP contribution in [0, 0.1) is 0 Å². The molecule has 0 spiro atoms. The van der Waals surface area contributed by atoms with Crippen molar-refractivity contribution in [3.8, 4) is 0 Å². The summed E-state index contributed by atoms with van der Waals surface area (Å²) in [6.45, 7) is 5.46. The van der Waals surface area contributed by atoms with E-state index in [0.29, 0.717) is 13.0 Å². The molecule has 0 saturated carbocycles. The van der Waals surface area contributed by atoms with Crippen LogP contribution >= 0.6 is 0 Å². The Morgan fingerprint density at radius 2 is 1.76 bits per heavy atom. The summed E-state index contributed by atoms with van der Waals surface area (Å²) < 4.78 is 28.5. The minimum atomic E-state index is -3.63. The summed E-state index contributed by atoms with van der Waals surface area (Å²) in [6.07, 6.45) is 3.14. The molecule has 1 fully saturated rings. The number of sulfonamides is 1. The first-order chi connectivity index (χ1) is 13.9. The van der Waals surface area contributed by atoms with Gasteiger partial charge in [-0.1, -0.05) is 24.3 Å². The van der Waals surface area contributed by atoms with Crippen LogP contribution in [0.4, 0.5) is 5.69 Å². The molecule has 2 aliphatic heterocycles. The van der Waals surface area contributed by atoms with Crippen molar-refractivity contribution in [1.82, 2.24) is 9.62 Å². The molecule has 1 N–H and O–H groups in total. The quantitative estimate of drug-likeness (QED) is 0.791. The average Bonchev–Trinajstić information content (AvgIpc) is 3.36. The molecule has 0 unspecified atom stereocenters. The lowest BCUT2D eigenvalue weighted by Crippen LogP contribution is -2.26. The van der Waals surface area contributed by atoms with Gasteiger partial charge in [0.2, 0.25) is 15.9 Å². The van der Waals surface area contributed by atoms with Crippen LogP contribution in [0.25, 0.3) is 0 Å². The highest BCUT2D eigenvalue weighted by Gasteiger charge is 2.25. The predicted octanol–water partition coefficient (Wildman–Crippen LogP) is 2.67. The molecule has 2 aromatic carbocycles. The molecule has 1 saturated heterocycles. The number of anilines is 1. The Labute approximate surface area is 172 Å². The van der Waals surface area contributed by atoms with Crippen LogP contribution in [0.5, 0.6) is 0 Å². The fourth-order valence-electron chi connectivity index (χ4n) is 4.19. The smallest absolute Gasteiger partial charge is 0.240 e. The number of fused-ring (bicyclic) bond motifs is 1. The van der Waals surface area contributed by atoms with Gasteiger partial charge in [0, 0.05) is 32.2 Å². The summed E-state index contributed by atoms with van der Waals surface area (Å²) >= 11 is 0. The van der Waals surface area contributed by atoms with Gasteiger partial charge in [-0.25, -0.2) is 13.1 Å². The topological polar surface area (TPSA) is 69.7 Å². The van der Waals surface area contributed by atoms with Gasteiger partial charge in [0.25, 0.3) is 0 Å². The third-order valence-electron chi connectivity index (χ3n) is 5.80. The average molecular weight is 414 g/mol. The fourth-order valence-corrected chi connectivity index (χ4v) is 5.25. The van der Waals surface area contributed by atoms with Gasteiger partial charge in [-0.2, -0.15) is 0 Å². The van der Waals surface area contributed by atoms with E-state index in [1.807, 2.05) is 18.2 Å². The van der Waals surface area contributed by atoms with Gasteiger partial charge in [-0.05, 0) is 67.2 Å². The molecule has 4 rings (SSSR count). The molecule has 6 nitrogen and oxygen atoms in total. The second kappa shape index (κ2) is 8.26. The number of likely N-dealkylation sites (tertiary alicyclic amines) is 1. The molecule has 0 aromatic heterocycles. The van der Waals surface area contributed by atoms with Gasteiger partial charge in [0.15, 0.2) is 0 Å². The van der Waals surface area contributed by atoms with E-state index in [4.69, 9.17) is 0 Å². The van der Waals surface area contributed by atoms with Crippen LogP contribution in [-0.4, -0.2) is 38.9 Å². The number of carbonyl (C=O) groups excluding carboxylic acids is 1. The zero-order chi connectivity index (χ0) is 20.4. The fraction of sp³-hybridized carbons (Fsp3) is 0.409. The number of carbonyl (C=O) groups is 1. The molecule has 2 aliphatic rings. The number of amides is 1. The second-order valence-corrected chi connectivity index (χ2v) is 9.55. The van der Waals surface area contributed by atoms with Gasteiger partial charge in [0.05, 0.1) is 4.90 Å². The summed E-state index contributed by atoms with van der Waals surface area (Å²) in [7, 11) is -3.63.